The fourth-order valence-corrected chi connectivity index (χ4v) is 5.15. The number of likely N-dealkylation sites (tertiary alicyclic amines) is 1. The summed E-state index contributed by atoms with van der Waals surface area (Å²) >= 11 is 0. The molecule has 0 bridgehead atoms. The van der Waals surface area contributed by atoms with E-state index in [4.69, 9.17) is 0 Å². The molecule has 2 unspecified atom stereocenters. The first-order valence-electron chi connectivity index (χ1n) is 16.1. The van der Waals surface area contributed by atoms with E-state index in [1.807, 2.05) is 27.7 Å². The Morgan fingerprint density at radius 3 is 1.71 bits per heavy atom. The van der Waals surface area contributed by atoms with Crippen molar-refractivity contribution in [3.05, 3.63) is 95.3 Å². The number of nitrogens with zero attached hydrogens (tertiary/aromatic N) is 1. The Hall–Kier alpha value is -2.28. The van der Waals surface area contributed by atoms with Crippen LogP contribution in [0.5, 0.6) is 0 Å². The number of allylic oxidation sites excluding steroid dienone is 7. The van der Waals surface area contributed by atoms with Crippen molar-refractivity contribution in [3.63, 3.8) is 0 Å². The van der Waals surface area contributed by atoms with E-state index in [1.165, 1.54) is 98.0 Å². The van der Waals surface area contributed by atoms with Gasteiger partial charge in [-0.25, -0.2) is 0 Å². The number of aryl methyl sites for hydroxylation is 1. The summed E-state index contributed by atoms with van der Waals surface area (Å²) < 4.78 is 0. The maximum Gasteiger partial charge on any atom is 0.0174 e. The van der Waals surface area contributed by atoms with Gasteiger partial charge in [0.05, 0.1) is 0 Å². The van der Waals surface area contributed by atoms with Gasteiger partial charge >= 0.3 is 0 Å². The summed E-state index contributed by atoms with van der Waals surface area (Å²) in [5.41, 5.74) is 9.80. The van der Waals surface area contributed by atoms with E-state index in [9.17, 15) is 0 Å². The topological polar surface area (TPSA) is 3.24 Å². The van der Waals surface area contributed by atoms with Gasteiger partial charge in [0.1, 0.15) is 0 Å². The van der Waals surface area contributed by atoms with Crippen LogP contribution in [0.3, 0.4) is 0 Å². The highest BCUT2D eigenvalue weighted by molar-refractivity contribution is 5.40. The lowest BCUT2D eigenvalue weighted by atomic mass is 9.71. The number of piperidine rings is 1. The molecule has 0 spiro atoms. The maximum atomic E-state index is 4.17. The van der Waals surface area contributed by atoms with Crippen LogP contribution in [0.15, 0.2) is 89.7 Å². The zero-order chi connectivity index (χ0) is 31.1. The monoisotopic (exact) mass is 566 g/mol. The van der Waals surface area contributed by atoms with E-state index in [-0.39, 0.29) is 7.43 Å². The molecule has 0 radical (unpaired) electrons. The Bertz CT molecular complexity index is 873. The van der Waals surface area contributed by atoms with Crippen LogP contribution in [0.2, 0.25) is 0 Å². The Kier molecular flexibility index (Phi) is 28.0. The number of rotatable bonds is 7. The lowest BCUT2D eigenvalue weighted by Crippen LogP contribution is -2.27. The fraction of sp³-hybridized carbons (Fsp3) is 0.600. The molecule has 0 N–H and O–H groups in total. The second kappa shape index (κ2) is 26.6. The quantitative estimate of drug-likeness (QED) is 0.297. The van der Waals surface area contributed by atoms with Crippen molar-refractivity contribution in [2.75, 3.05) is 13.1 Å². The Balaban J connectivity index is -0.000000498. The summed E-state index contributed by atoms with van der Waals surface area (Å²) in [6, 6.07) is 10.6. The van der Waals surface area contributed by atoms with E-state index in [2.05, 4.69) is 110 Å². The number of benzene rings is 1. The molecule has 1 fully saturated rings. The molecule has 1 heterocycles. The summed E-state index contributed by atoms with van der Waals surface area (Å²) in [5, 5.41) is 0. The Morgan fingerprint density at radius 1 is 0.829 bits per heavy atom. The third-order valence-electron chi connectivity index (χ3n) is 7.21. The van der Waals surface area contributed by atoms with E-state index in [0.717, 1.165) is 0 Å². The van der Waals surface area contributed by atoms with E-state index in [1.54, 1.807) is 5.57 Å². The van der Waals surface area contributed by atoms with Gasteiger partial charge in [-0.2, -0.15) is 0 Å². The first-order valence-corrected chi connectivity index (χ1v) is 16.1. The maximum absolute atomic E-state index is 4.17. The van der Waals surface area contributed by atoms with Crippen molar-refractivity contribution in [1.82, 2.24) is 4.90 Å². The van der Waals surface area contributed by atoms with Crippen LogP contribution >= 0.6 is 0 Å². The molecule has 3 rings (SSSR count). The van der Waals surface area contributed by atoms with Crippen molar-refractivity contribution in [2.45, 2.75) is 135 Å². The number of hydrogen-bond acceptors (Lipinski definition) is 1. The molecule has 2 atom stereocenters. The molecule has 1 heteroatoms. The Labute approximate surface area is 259 Å². The van der Waals surface area contributed by atoms with Crippen LogP contribution in [0.4, 0.5) is 0 Å². The smallest absolute Gasteiger partial charge is 0.0174 e. The van der Waals surface area contributed by atoms with E-state index in [0.29, 0.717) is 11.8 Å². The Morgan fingerprint density at radius 2 is 1.34 bits per heavy atom. The third kappa shape index (κ3) is 19.5. The highest BCUT2D eigenvalue weighted by Gasteiger charge is 2.27. The summed E-state index contributed by atoms with van der Waals surface area (Å²) in [7, 11) is 0. The largest absolute Gasteiger partial charge is 0.376 e. The zero-order valence-corrected chi connectivity index (χ0v) is 28.8. The lowest BCUT2D eigenvalue weighted by Gasteiger charge is -2.33. The van der Waals surface area contributed by atoms with Gasteiger partial charge in [-0.15, -0.1) is 6.58 Å². The van der Waals surface area contributed by atoms with Gasteiger partial charge in [0, 0.05) is 24.7 Å². The minimum absolute atomic E-state index is 0. The molecular formula is C40H71N. The number of hydrogen-bond donors (Lipinski definition) is 0. The van der Waals surface area contributed by atoms with Gasteiger partial charge in [-0.1, -0.05) is 127 Å². The lowest BCUT2D eigenvalue weighted by molar-refractivity contribution is 0.287. The summed E-state index contributed by atoms with van der Waals surface area (Å²) in [4.78, 5) is 2.36. The first-order chi connectivity index (χ1) is 19.0. The van der Waals surface area contributed by atoms with Crippen LogP contribution in [-0.4, -0.2) is 18.0 Å². The average Bonchev–Trinajstić information content (AvgIpc) is 2.93. The van der Waals surface area contributed by atoms with Crippen molar-refractivity contribution in [2.24, 2.45) is 11.8 Å². The molecule has 2 aliphatic rings. The standard InChI is InChI=1S/C16H26.C9H12.C8H15N.C4H8.C2H6.CH4/c1-7-9-15-14(8-2)13(6)12(5)10-16(15)11(3)4;1-2-6-9-7-4-3-5-8-9;1-8(2)9-6-4-3-5-7-9;1-4(2)3;1-2;/h10,15-16H,3,7-9H2,1-2,4-6H3;3-5,7-8H,2,6H2,1H3;1,3-7H2,2H3;1H2,2-3H3;1-2H3;1H4. The average molecular weight is 566 g/mol. The highest BCUT2D eigenvalue weighted by atomic mass is 15.1. The normalized spacial score (nSPS) is 17.2. The molecule has 1 aromatic rings. The SMILES string of the molecule is C.C=C(C)C.C=C(C)C1C=C(C)C(C)=C(CC)C1CCC.C=C(C)N1CCCCC1.CC.CCCc1ccccc1. The fourth-order valence-electron chi connectivity index (χ4n) is 5.15. The molecule has 1 aliphatic heterocycles. The molecule has 41 heavy (non-hydrogen) atoms. The van der Waals surface area contributed by atoms with Crippen molar-refractivity contribution in [3.8, 4) is 0 Å². The highest BCUT2D eigenvalue weighted by Crippen LogP contribution is 2.40. The van der Waals surface area contributed by atoms with Crippen molar-refractivity contribution < 1.29 is 0 Å². The molecule has 0 aromatic heterocycles. The van der Waals surface area contributed by atoms with Crippen LogP contribution in [-0.2, 0) is 6.42 Å². The summed E-state index contributed by atoms with van der Waals surface area (Å²) in [6.07, 6.45) is 12.7. The molecule has 0 saturated carbocycles. The van der Waals surface area contributed by atoms with Gasteiger partial charge in [0.15, 0.2) is 0 Å². The van der Waals surface area contributed by atoms with E-state index < -0.39 is 0 Å². The van der Waals surface area contributed by atoms with Crippen LogP contribution < -0.4 is 0 Å². The molecule has 1 aromatic carbocycles. The van der Waals surface area contributed by atoms with Gasteiger partial charge in [-0.05, 0) is 97.1 Å². The van der Waals surface area contributed by atoms with Crippen LogP contribution in [0, 0.1) is 11.8 Å². The minimum Gasteiger partial charge on any atom is -0.376 e. The summed E-state index contributed by atoms with van der Waals surface area (Å²) in [6.45, 7) is 37.6. The van der Waals surface area contributed by atoms with Gasteiger partial charge in [0.25, 0.3) is 0 Å². The predicted molar refractivity (Wildman–Crippen MR) is 193 cm³/mol. The molecule has 1 saturated heterocycles. The second-order valence-corrected chi connectivity index (χ2v) is 11.3. The van der Waals surface area contributed by atoms with Gasteiger partial charge in [0.2, 0.25) is 0 Å². The molecule has 1 aliphatic carbocycles. The van der Waals surface area contributed by atoms with Crippen LogP contribution in [0.1, 0.15) is 134 Å². The molecule has 1 nitrogen and oxygen atoms in total. The van der Waals surface area contributed by atoms with Crippen molar-refractivity contribution >= 4 is 0 Å². The third-order valence-corrected chi connectivity index (χ3v) is 7.21. The molecule has 236 valence electrons. The van der Waals surface area contributed by atoms with Gasteiger partial charge < -0.3 is 4.90 Å². The minimum atomic E-state index is 0. The molecule has 0 amide bonds. The first kappa shape index (κ1) is 43.2. The zero-order valence-electron chi connectivity index (χ0n) is 28.8. The van der Waals surface area contributed by atoms with Crippen LogP contribution in [0.25, 0.3) is 0 Å². The molecular weight excluding hydrogens is 494 g/mol. The van der Waals surface area contributed by atoms with E-state index >= 15 is 0 Å². The summed E-state index contributed by atoms with van der Waals surface area (Å²) in [5.74, 6) is 1.27. The second-order valence-electron chi connectivity index (χ2n) is 11.3. The predicted octanol–water partition coefficient (Wildman–Crippen LogP) is 13.2. The van der Waals surface area contributed by atoms with Gasteiger partial charge in [-0.3, -0.25) is 0 Å². The van der Waals surface area contributed by atoms with Crippen molar-refractivity contribution in [1.29, 1.82) is 0 Å².